The smallest absolute Gasteiger partial charge is 0.157 e. The number of hydrogen-bond acceptors (Lipinski definition) is 4. The van der Waals surface area contributed by atoms with E-state index in [1.165, 1.54) is 32.1 Å². The zero-order chi connectivity index (χ0) is 22.7. The van der Waals surface area contributed by atoms with Gasteiger partial charge in [-0.2, -0.15) is 10.4 Å². The molecule has 0 unspecified atom stereocenters. The lowest BCUT2D eigenvalue weighted by Crippen LogP contribution is -2.52. The molecule has 8 atom stereocenters. The maximum absolute atomic E-state index is 13.4. The van der Waals surface area contributed by atoms with Crippen LogP contribution in [0.15, 0.2) is 12.4 Å². The van der Waals surface area contributed by atoms with E-state index in [-0.39, 0.29) is 17.9 Å². The van der Waals surface area contributed by atoms with Gasteiger partial charge in [0.1, 0.15) is 6.07 Å². The summed E-state index contributed by atoms with van der Waals surface area (Å²) in [6.45, 7) is 7.28. The lowest BCUT2D eigenvalue weighted by atomic mass is 9.48. The number of carbonyl (C=O) groups excluding carboxylic acids is 1. The van der Waals surface area contributed by atoms with E-state index in [9.17, 15) is 9.90 Å². The van der Waals surface area contributed by atoms with Gasteiger partial charge in [0.05, 0.1) is 23.9 Å². The van der Waals surface area contributed by atoms with Crippen LogP contribution in [0.2, 0.25) is 0 Å². The van der Waals surface area contributed by atoms with E-state index in [1.807, 2.05) is 6.92 Å². The van der Waals surface area contributed by atoms with Crippen LogP contribution < -0.4 is 0 Å². The lowest BCUT2D eigenvalue weighted by molar-refractivity contribution is -0.131. The summed E-state index contributed by atoms with van der Waals surface area (Å²) in [6.07, 6.45) is 14.6. The Morgan fingerprint density at radius 3 is 2.66 bits per heavy atom. The third-order valence-corrected chi connectivity index (χ3v) is 10.7. The van der Waals surface area contributed by atoms with E-state index >= 15 is 0 Å². The van der Waals surface area contributed by atoms with E-state index < -0.39 is 5.60 Å². The largest absolute Gasteiger partial charge is 0.390 e. The molecule has 1 aromatic heterocycles. The number of carbonyl (C=O) groups is 1. The predicted octanol–water partition coefficient (Wildman–Crippen LogP) is 5.12. The standard InChI is InChI=1S/C27H39N3O2/c1-25(32)11-12-26(2)19(13-25)6-7-20-21(26)5-4-10-27(3)22(20)8-9-23(27)24(31)17-30-16-18(14-28)15-29-30/h15-16,19-23,32H,4-13,17H2,1-3H3/t19-,20+,21-,22-,23+,25+,26-,27-/m0/s1. The second-order valence-corrected chi connectivity index (χ2v) is 12.4. The van der Waals surface area contributed by atoms with Crippen LogP contribution in [0.4, 0.5) is 0 Å². The second-order valence-electron chi connectivity index (χ2n) is 12.4. The fourth-order valence-electron chi connectivity index (χ4n) is 8.97. The summed E-state index contributed by atoms with van der Waals surface area (Å²) in [7, 11) is 0. The van der Waals surface area contributed by atoms with Crippen molar-refractivity contribution in [1.82, 2.24) is 9.78 Å². The quantitative estimate of drug-likeness (QED) is 0.711. The molecule has 1 heterocycles. The molecule has 5 rings (SSSR count). The molecule has 0 spiro atoms. The zero-order valence-electron chi connectivity index (χ0n) is 20.0. The van der Waals surface area contributed by atoms with Crippen LogP contribution in [0.1, 0.15) is 90.5 Å². The summed E-state index contributed by atoms with van der Waals surface area (Å²) in [4.78, 5) is 13.4. The number of aliphatic hydroxyl groups is 1. The maximum atomic E-state index is 13.4. The second kappa shape index (κ2) is 7.69. The molecule has 174 valence electrons. The topological polar surface area (TPSA) is 78.9 Å². The predicted molar refractivity (Wildman–Crippen MR) is 122 cm³/mol. The summed E-state index contributed by atoms with van der Waals surface area (Å²) < 4.78 is 1.65. The molecular formula is C27H39N3O2. The third kappa shape index (κ3) is 3.45. The molecule has 1 aromatic rings. The molecular weight excluding hydrogens is 398 g/mol. The van der Waals surface area contributed by atoms with Gasteiger partial charge in [-0.1, -0.05) is 20.3 Å². The highest BCUT2D eigenvalue weighted by Gasteiger charge is 2.60. The summed E-state index contributed by atoms with van der Waals surface area (Å²) in [6, 6.07) is 2.10. The summed E-state index contributed by atoms with van der Waals surface area (Å²) in [5.74, 6) is 3.15. The van der Waals surface area contributed by atoms with Crippen LogP contribution in [-0.4, -0.2) is 26.3 Å². The zero-order valence-corrected chi connectivity index (χ0v) is 20.0. The minimum atomic E-state index is -0.487. The van der Waals surface area contributed by atoms with Gasteiger partial charge in [-0.05, 0) is 99.2 Å². The Morgan fingerprint density at radius 2 is 1.91 bits per heavy atom. The van der Waals surface area contributed by atoms with E-state index in [4.69, 9.17) is 5.26 Å². The van der Waals surface area contributed by atoms with Crippen LogP contribution in [0, 0.1) is 51.8 Å². The molecule has 4 aliphatic carbocycles. The molecule has 0 aromatic carbocycles. The Labute approximate surface area is 192 Å². The molecule has 0 saturated heterocycles. The average molecular weight is 438 g/mol. The molecule has 4 fully saturated rings. The first-order valence-electron chi connectivity index (χ1n) is 12.8. The average Bonchev–Trinajstić information content (AvgIpc) is 3.29. The molecule has 0 aliphatic heterocycles. The molecule has 5 heteroatoms. The Balaban J connectivity index is 1.37. The third-order valence-electron chi connectivity index (χ3n) is 10.7. The monoisotopic (exact) mass is 437 g/mol. The van der Waals surface area contributed by atoms with Gasteiger partial charge >= 0.3 is 0 Å². The van der Waals surface area contributed by atoms with Gasteiger partial charge in [0.25, 0.3) is 0 Å². The first kappa shape index (κ1) is 22.1. The Bertz CT molecular complexity index is 930. The van der Waals surface area contributed by atoms with E-state index in [0.29, 0.717) is 28.6 Å². The van der Waals surface area contributed by atoms with E-state index in [0.717, 1.165) is 43.9 Å². The summed E-state index contributed by atoms with van der Waals surface area (Å²) >= 11 is 0. The highest BCUT2D eigenvalue weighted by atomic mass is 16.3. The number of nitrogens with zero attached hydrogens (tertiary/aromatic N) is 3. The lowest BCUT2D eigenvalue weighted by Gasteiger charge is -2.58. The van der Waals surface area contributed by atoms with Crippen LogP contribution in [0.3, 0.4) is 0 Å². The number of Topliss-reactive ketones (excluding diaryl/α,β-unsaturated/α-hetero) is 1. The van der Waals surface area contributed by atoms with Crippen molar-refractivity contribution in [2.75, 3.05) is 0 Å². The SMILES string of the molecule is C[C@@]1(O)CC[C@@]2(C)[C@@H](CC[C@@H]3[C@@H]2CCC[C@]2(C)[C@@H](C(=O)Cn4cc(C#N)cn4)CC[C@@H]32)C1. The molecule has 0 bridgehead atoms. The highest BCUT2D eigenvalue weighted by Crippen LogP contribution is 2.66. The number of ketones is 1. The van der Waals surface area contributed by atoms with Crippen molar-refractivity contribution in [2.24, 2.45) is 40.4 Å². The van der Waals surface area contributed by atoms with Crippen molar-refractivity contribution in [1.29, 1.82) is 5.26 Å². The molecule has 4 aliphatic rings. The number of nitriles is 1. The fourth-order valence-corrected chi connectivity index (χ4v) is 8.97. The summed E-state index contributed by atoms with van der Waals surface area (Å²) in [5.41, 5.74) is 0.466. The molecule has 5 nitrogen and oxygen atoms in total. The number of rotatable bonds is 3. The van der Waals surface area contributed by atoms with Gasteiger partial charge in [-0.25, -0.2) is 0 Å². The van der Waals surface area contributed by atoms with Gasteiger partial charge in [0, 0.05) is 12.1 Å². The maximum Gasteiger partial charge on any atom is 0.157 e. The van der Waals surface area contributed by atoms with Crippen molar-refractivity contribution in [2.45, 2.75) is 97.1 Å². The molecule has 4 saturated carbocycles. The highest BCUT2D eigenvalue weighted by molar-refractivity contribution is 5.82. The molecule has 0 radical (unpaired) electrons. The van der Waals surface area contributed by atoms with Gasteiger partial charge in [-0.3, -0.25) is 9.48 Å². The van der Waals surface area contributed by atoms with Gasteiger partial charge < -0.3 is 5.11 Å². The Hall–Kier alpha value is -1.67. The molecule has 0 amide bonds. The first-order chi connectivity index (χ1) is 15.2. The normalized spacial score (nSPS) is 45.8. The van der Waals surface area contributed by atoms with E-state index in [2.05, 4.69) is 25.0 Å². The van der Waals surface area contributed by atoms with Gasteiger partial charge in [-0.15, -0.1) is 0 Å². The minimum Gasteiger partial charge on any atom is -0.390 e. The van der Waals surface area contributed by atoms with E-state index in [1.54, 1.807) is 17.1 Å². The Morgan fingerprint density at radius 1 is 1.12 bits per heavy atom. The summed E-state index contributed by atoms with van der Waals surface area (Å²) in [5, 5.41) is 24.0. The number of hydrogen-bond donors (Lipinski definition) is 1. The van der Waals surface area contributed by atoms with Gasteiger partial charge in [0.2, 0.25) is 0 Å². The van der Waals surface area contributed by atoms with Crippen molar-refractivity contribution < 1.29 is 9.90 Å². The fraction of sp³-hybridized carbons (Fsp3) is 0.815. The van der Waals surface area contributed by atoms with Crippen LogP contribution in [0.25, 0.3) is 0 Å². The van der Waals surface area contributed by atoms with Gasteiger partial charge in [0.15, 0.2) is 5.78 Å². The minimum absolute atomic E-state index is 0.0884. The first-order valence-corrected chi connectivity index (χ1v) is 12.8. The molecule has 32 heavy (non-hydrogen) atoms. The van der Waals surface area contributed by atoms with Crippen LogP contribution in [-0.2, 0) is 11.3 Å². The van der Waals surface area contributed by atoms with Crippen molar-refractivity contribution in [3.8, 4) is 6.07 Å². The van der Waals surface area contributed by atoms with Crippen molar-refractivity contribution >= 4 is 5.78 Å². The Kier molecular flexibility index (Phi) is 5.32. The number of aromatic nitrogens is 2. The van der Waals surface area contributed by atoms with Crippen molar-refractivity contribution in [3.63, 3.8) is 0 Å². The number of fused-ring (bicyclic) bond motifs is 5. The van der Waals surface area contributed by atoms with Crippen LogP contribution in [0.5, 0.6) is 0 Å². The molecule has 1 N–H and O–H groups in total. The van der Waals surface area contributed by atoms with Crippen molar-refractivity contribution in [3.05, 3.63) is 18.0 Å². The van der Waals surface area contributed by atoms with Crippen LogP contribution >= 0.6 is 0 Å².